The van der Waals surface area contributed by atoms with Crippen LogP contribution in [0.3, 0.4) is 0 Å². The van der Waals surface area contributed by atoms with E-state index in [1.807, 2.05) is 0 Å². The Balaban J connectivity index is 2.06. The van der Waals surface area contributed by atoms with E-state index in [-0.39, 0.29) is 15.6 Å². The van der Waals surface area contributed by atoms with Gasteiger partial charge in [-0.25, -0.2) is 22.9 Å². The van der Waals surface area contributed by atoms with Gasteiger partial charge in [-0.3, -0.25) is 0 Å². The third-order valence-corrected chi connectivity index (χ3v) is 5.72. The number of hydrogen-bond acceptors (Lipinski definition) is 5. The predicted octanol–water partition coefficient (Wildman–Crippen LogP) is 0.999. The van der Waals surface area contributed by atoms with E-state index in [0.29, 0.717) is 17.8 Å². The van der Waals surface area contributed by atoms with E-state index in [4.69, 9.17) is 5.11 Å². The SMILES string of the molecule is Cc1cc(S(=O)(=O)NCCc2ncc[nH]2)sc1C(=O)O. The van der Waals surface area contributed by atoms with Crippen molar-refractivity contribution in [2.24, 2.45) is 0 Å². The number of hydrogen-bond donors (Lipinski definition) is 3. The lowest BCUT2D eigenvalue weighted by molar-refractivity contribution is 0.0701. The summed E-state index contributed by atoms with van der Waals surface area (Å²) in [6.07, 6.45) is 3.68. The van der Waals surface area contributed by atoms with E-state index in [1.165, 1.54) is 6.07 Å². The van der Waals surface area contributed by atoms with E-state index in [9.17, 15) is 13.2 Å². The topological polar surface area (TPSA) is 112 Å². The van der Waals surface area contributed by atoms with Crippen molar-refractivity contribution >= 4 is 27.3 Å². The van der Waals surface area contributed by atoms with Crippen LogP contribution in [0.1, 0.15) is 21.1 Å². The molecule has 0 aliphatic rings. The summed E-state index contributed by atoms with van der Waals surface area (Å²) in [7, 11) is -3.69. The normalized spacial score (nSPS) is 11.7. The van der Waals surface area contributed by atoms with Gasteiger partial charge in [0.2, 0.25) is 10.0 Å². The van der Waals surface area contributed by atoms with Crippen molar-refractivity contribution < 1.29 is 18.3 Å². The molecule has 0 aliphatic carbocycles. The van der Waals surface area contributed by atoms with Gasteiger partial charge in [0.1, 0.15) is 14.9 Å². The maximum Gasteiger partial charge on any atom is 0.346 e. The first kappa shape index (κ1) is 14.7. The Bertz CT molecular complexity index is 704. The first-order valence-electron chi connectivity index (χ1n) is 5.72. The molecule has 0 amide bonds. The van der Waals surface area contributed by atoms with Gasteiger partial charge in [-0.1, -0.05) is 0 Å². The fourth-order valence-electron chi connectivity index (χ4n) is 1.61. The highest BCUT2D eigenvalue weighted by molar-refractivity contribution is 7.91. The van der Waals surface area contributed by atoms with E-state index in [2.05, 4.69) is 14.7 Å². The second-order valence-electron chi connectivity index (χ2n) is 4.07. The van der Waals surface area contributed by atoms with Gasteiger partial charge in [0.05, 0.1) is 0 Å². The molecular weight excluding hydrogens is 302 g/mol. The van der Waals surface area contributed by atoms with Crippen molar-refractivity contribution in [2.45, 2.75) is 17.6 Å². The van der Waals surface area contributed by atoms with Crippen molar-refractivity contribution in [3.8, 4) is 0 Å². The van der Waals surface area contributed by atoms with Crippen molar-refractivity contribution in [2.75, 3.05) is 6.54 Å². The largest absolute Gasteiger partial charge is 0.477 e. The van der Waals surface area contributed by atoms with E-state index < -0.39 is 16.0 Å². The van der Waals surface area contributed by atoms with Crippen LogP contribution in [0.25, 0.3) is 0 Å². The maximum absolute atomic E-state index is 12.0. The number of carboxylic acid groups (broad SMARTS) is 1. The second-order valence-corrected chi connectivity index (χ2v) is 7.11. The first-order chi connectivity index (χ1) is 9.40. The number of nitrogens with one attached hydrogen (secondary N) is 2. The van der Waals surface area contributed by atoms with Gasteiger partial charge in [-0.15, -0.1) is 11.3 Å². The lowest BCUT2D eigenvalue weighted by Crippen LogP contribution is -2.25. The Morgan fingerprint density at radius 1 is 1.55 bits per heavy atom. The zero-order valence-electron chi connectivity index (χ0n) is 10.6. The van der Waals surface area contributed by atoms with Crippen molar-refractivity contribution in [1.29, 1.82) is 0 Å². The monoisotopic (exact) mass is 315 g/mol. The molecule has 9 heteroatoms. The Hall–Kier alpha value is -1.71. The first-order valence-corrected chi connectivity index (χ1v) is 8.02. The van der Waals surface area contributed by atoms with Crippen LogP contribution in [0.4, 0.5) is 0 Å². The molecule has 108 valence electrons. The summed E-state index contributed by atoms with van der Waals surface area (Å²) >= 11 is 0.749. The summed E-state index contributed by atoms with van der Waals surface area (Å²) in [6, 6.07) is 1.36. The quantitative estimate of drug-likeness (QED) is 0.736. The second kappa shape index (κ2) is 5.73. The zero-order chi connectivity index (χ0) is 14.8. The molecule has 7 nitrogen and oxygen atoms in total. The highest BCUT2D eigenvalue weighted by Crippen LogP contribution is 2.25. The summed E-state index contributed by atoms with van der Waals surface area (Å²) in [6.45, 7) is 1.76. The molecule has 0 radical (unpaired) electrons. The van der Waals surface area contributed by atoms with E-state index in [0.717, 1.165) is 11.3 Å². The van der Waals surface area contributed by atoms with Crippen LogP contribution in [-0.4, -0.2) is 36.0 Å². The van der Waals surface area contributed by atoms with Gasteiger partial charge in [0.25, 0.3) is 0 Å². The molecule has 20 heavy (non-hydrogen) atoms. The molecule has 0 atom stereocenters. The van der Waals surface area contributed by atoms with Crippen LogP contribution in [0, 0.1) is 6.92 Å². The zero-order valence-corrected chi connectivity index (χ0v) is 12.2. The van der Waals surface area contributed by atoms with Crippen LogP contribution in [0.2, 0.25) is 0 Å². The van der Waals surface area contributed by atoms with Gasteiger partial charge in [-0.2, -0.15) is 0 Å². The number of H-pyrrole nitrogens is 1. The molecule has 0 aliphatic heterocycles. The van der Waals surface area contributed by atoms with Crippen LogP contribution in [-0.2, 0) is 16.4 Å². The summed E-state index contributed by atoms with van der Waals surface area (Å²) in [4.78, 5) is 17.8. The van der Waals surface area contributed by atoms with Gasteiger partial charge in [-0.05, 0) is 18.6 Å². The smallest absolute Gasteiger partial charge is 0.346 e. The molecule has 0 unspecified atom stereocenters. The number of imidazole rings is 1. The molecular formula is C11H13N3O4S2. The third kappa shape index (κ3) is 3.24. The van der Waals surface area contributed by atoms with Gasteiger partial charge in [0.15, 0.2) is 0 Å². The minimum Gasteiger partial charge on any atom is -0.477 e. The predicted molar refractivity (Wildman–Crippen MR) is 73.5 cm³/mol. The lowest BCUT2D eigenvalue weighted by Gasteiger charge is -2.03. The Morgan fingerprint density at radius 2 is 2.30 bits per heavy atom. The number of nitrogens with zero attached hydrogens (tertiary/aromatic N) is 1. The molecule has 2 aromatic rings. The lowest BCUT2D eigenvalue weighted by atomic mass is 10.3. The Kier molecular flexibility index (Phi) is 4.21. The molecule has 2 heterocycles. The number of aromatic carboxylic acids is 1. The maximum atomic E-state index is 12.0. The average molecular weight is 315 g/mol. The number of aromatic amines is 1. The van der Waals surface area contributed by atoms with Crippen molar-refractivity contribution in [1.82, 2.24) is 14.7 Å². The molecule has 0 aromatic carbocycles. The minimum atomic E-state index is -3.69. The number of aromatic nitrogens is 2. The van der Waals surface area contributed by atoms with Crippen LogP contribution in [0.15, 0.2) is 22.7 Å². The summed E-state index contributed by atoms with van der Waals surface area (Å²) in [5.41, 5.74) is 0.439. The Labute approximate surface area is 119 Å². The number of carboxylic acids is 1. The van der Waals surface area contributed by atoms with Crippen LogP contribution >= 0.6 is 11.3 Å². The summed E-state index contributed by atoms with van der Waals surface area (Å²) in [5.74, 6) is -0.439. The average Bonchev–Trinajstić information content (AvgIpc) is 2.98. The fourth-order valence-corrected chi connectivity index (χ4v) is 4.06. The number of aryl methyl sites for hydroxylation is 1. The highest BCUT2D eigenvalue weighted by atomic mass is 32.2. The molecule has 3 N–H and O–H groups in total. The minimum absolute atomic E-state index is 0.00634. The van der Waals surface area contributed by atoms with Crippen molar-refractivity contribution in [3.63, 3.8) is 0 Å². The Morgan fingerprint density at radius 3 is 2.85 bits per heavy atom. The molecule has 0 fully saturated rings. The number of carbonyl (C=O) groups is 1. The van der Waals surface area contributed by atoms with Crippen molar-refractivity contribution in [3.05, 3.63) is 34.7 Å². The molecule has 2 aromatic heterocycles. The third-order valence-electron chi connectivity index (χ3n) is 2.56. The standard InChI is InChI=1S/C11H13N3O4S2/c1-7-6-9(19-10(7)11(15)16)20(17,18)14-3-2-8-12-4-5-13-8/h4-6,14H,2-3H2,1H3,(H,12,13)(H,15,16). The van der Waals surface area contributed by atoms with Gasteiger partial charge in [0, 0.05) is 25.4 Å². The van der Waals surface area contributed by atoms with Crippen LogP contribution < -0.4 is 4.72 Å². The number of thiophene rings is 1. The number of rotatable bonds is 6. The fraction of sp³-hybridized carbons (Fsp3) is 0.273. The van der Waals surface area contributed by atoms with E-state index in [1.54, 1.807) is 19.3 Å². The summed E-state index contributed by atoms with van der Waals surface area (Å²) < 4.78 is 26.5. The van der Waals surface area contributed by atoms with Gasteiger partial charge < -0.3 is 10.1 Å². The molecule has 0 saturated heterocycles. The van der Waals surface area contributed by atoms with E-state index >= 15 is 0 Å². The molecule has 0 saturated carbocycles. The summed E-state index contributed by atoms with van der Waals surface area (Å²) in [5, 5.41) is 8.93. The molecule has 0 spiro atoms. The van der Waals surface area contributed by atoms with Crippen LogP contribution in [0.5, 0.6) is 0 Å². The number of sulfonamides is 1. The highest BCUT2D eigenvalue weighted by Gasteiger charge is 2.21. The molecule has 2 rings (SSSR count). The van der Waals surface area contributed by atoms with Gasteiger partial charge >= 0.3 is 5.97 Å². The molecule has 0 bridgehead atoms.